The zero-order valence-electron chi connectivity index (χ0n) is 17.6. The number of carboxylic acids is 1. The summed E-state index contributed by atoms with van der Waals surface area (Å²) in [5.41, 5.74) is 0. The van der Waals surface area contributed by atoms with Crippen molar-refractivity contribution in [3.05, 3.63) is 6.20 Å². The number of anilines is 1. The summed E-state index contributed by atoms with van der Waals surface area (Å²) >= 11 is 2.52. The van der Waals surface area contributed by atoms with Crippen LogP contribution in [0.15, 0.2) is 10.4 Å². The molecule has 0 unspecified atom stereocenters. The fraction of sp³-hybridized carbons (Fsp3) is 0.750. The largest absolute Gasteiger partial charge is 0.481 e. The van der Waals surface area contributed by atoms with Gasteiger partial charge in [-0.1, -0.05) is 32.1 Å². The first-order valence-electron chi connectivity index (χ1n) is 10.4. The van der Waals surface area contributed by atoms with Crippen molar-refractivity contribution in [3.63, 3.8) is 0 Å². The molecule has 2 rings (SSSR count). The van der Waals surface area contributed by atoms with Crippen LogP contribution in [0.4, 0.5) is 9.93 Å². The molecule has 0 bridgehead atoms. The first kappa shape index (κ1) is 24.0. The summed E-state index contributed by atoms with van der Waals surface area (Å²) in [7, 11) is 0. The number of thiazole rings is 1. The molecule has 29 heavy (non-hydrogen) atoms. The van der Waals surface area contributed by atoms with Crippen molar-refractivity contribution >= 4 is 40.2 Å². The lowest BCUT2D eigenvalue weighted by atomic mass is 9.91. The van der Waals surface area contributed by atoms with Crippen LogP contribution in [0.5, 0.6) is 0 Å². The highest BCUT2D eigenvalue weighted by Crippen LogP contribution is 2.30. The Hall–Kier alpha value is -1.32. The molecule has 0 saturated heterocycles. The molecule has 1 aliphatic rings. The molecule has 9 heteroatoms. The molecule has 2 N–H and O–H groups in total. The van der Waals surface area contributed by atoms with Crippen LogP contribution >= 0.6 is 23.1 Å². The summed E-state index contributed by atoms with van der Waals surface area (Å²) in [5, 5.41) is 12.2. The third kappa shape index (κ3) is 8.52. The molecule has 0 aromatic carbocycles. The smallest absolute Gasteiger partial charge is 0.323 e. The molecule has 0 radical (unpaired) electrons. The van der Waals surface area contributed by atoms with Gasteiger partial charge in [0, 0.05) is 19.2 Å². The number of thioether (sulfide) groups is 1. The molecule has 1 aromatic rings. The first-order valence-corrected chi connectivity index (χ1v) is 12.2. The SMILES string of the molecule is CCCO[C@H]1CC[C@H](N(CCC(C)C)C(=O)Nc2ncc(SCC(=O)O)s2)CC1. The first-order chi connectivity index (χ1) is 13.9. The van der Waals surface area contributed by atoms with Crippen LogP contribution in [-0.4, -0.2) is 58.0 Å². The average molecular weight is 444 g/mol. The summed E-state index contributed by atoms with van der Waals surface area (Å²) in [5.74, 6) is -0.361. The zero-order chi connectivity index (χ0) is 21.2. The van der Waals surface area contributed by atoms with Gasteiger partial charge in [0.2, 0.25) is 0 Å². The molecule has 7 nitrogen and oxygen atoms in total. The number of amides is 2. The highest BCUT2D eigenvalue weighted by atomic mass is 32.2. The van der Waals surface area contributed by atoms with Gasteiger partial charge < -0.3 is 14.7 Å². The number of ether oxygens (including phenoxy) is 1. The lowest BCUT2D eigenvalue weighted by molar-refractivity contribution is -0.133. The lowest BCUT2D eigenvalue weighted by Crippen LogP contribution is -2.46. The van der Waals surface area contributed by atoms with Crippen molar-refractivity contribution in [1.29, 1.82) is 0 Å². The third-order valence-corrected chi connectivity index (χ3v) is 6.98. The molecule has 164 valence electrons. The highest BCUT2D eigenvalue weighted by Gasteiger charge is 2.29. The number of carbonyl (C=O) groups is 2. The van der Waals surface area contributed by atoms with E-state index in [0.29, 0.717) is 17.2 Å². The Balaban J connectivity index is 1.94. The predicted octanol–water partition coefficient (Wildman–Crippen LogP) is 4.94. The van der Waals surface area contributed by atoms with E-state index in [1.807, 2.05) is 4.90 Å². The van der Waals surface area contributed by atoms with E-state index in [4.69, 9.17) is 9.84 Å². The fourth-order valence-electron chi connectivity index (χ4n) is 3.34. The molecule has 0 spiro atoms. The van der Waals surface area contributed by atoms with E-state index in [1.165, 1.54) is 23.1 Å². The standard InChI is InChI=1S/C20H33N3O4S2/c1-4-11-27-16-7-5-15(6-8-16)23(10-9-14(2)3)20(26)22-19-21-12-18(29-19)28-13-17(24)25/h12,14-16H,4-11,13H2,1-3H3,(H,24,25)(H,21,22,26)/t15-,16-. The number of carboxylic acid groups (broad SMARTS) is 1. The van der Waals surface area contributed by atoms with Gasteiger partial charge in [-0.05, 0) is 44.4 Å². The van der Waals surface area contributed by atoms with Crippen molar-refractivity contribution in [1.82, 2.24) is 9.88 Å². The average Bonchev–Trinajstić information content (AvgIpc) is 3.13. The summed E-state index contributed by atoms with van der Waals surface area (Å²) in [6.07, 6.45) is 7.80. The molecule has 1 heterocycles. The molecular weight excluding hydrogens is 410 g/mol. The Bertz CT molecular complexity index is 645. The van der Waals surface area contributed by atoms with Crippen LogP contribution in [0.2, 0.25) is 0 Å². The normalized spacial score (nSPS) is 19.3. The molecule has 1 fully saturated rings. The molecule has 0 aliphatic heterocycles. The Labute approximate surface area is 181 Å². The maximum atomic E-state index is 13.0. The number of nitrogens with one attached hydrogen (secondary N) is 1. The van der Waals surface area contributed by atoms with Crippen LogP contribution in [-0.2, 0) is 9.53 Å². The van der Waals surface area contributed by atoms with Gasteiger partial charge in [0.15, 0.2) is 5.13 Å². The Morgan fingerprint density at radius 1 is 1.38 bits per heavy atom. The van der Waals surface area contributed by atoms with Crippen LogP contribution in [0.25, 0.3) is 0 Å². The van der Waals surface area contributed by atoms with Gasteiger partial charge in [-0.15, -0.1) is 11.8 Å². The second-order valence-corrected chi connectivity index (χ2v) is 10.1. The fourth-order valence-corrected chi connectivity index (χ4v) is 4.92. The van der Waals surface area contributed by atoms with E-state index in [1.54, 1.807) is 6.20 Å². The monoisotopic (exact) mass is 443 g/mol. The minimum atomic E-state index is -0.868. The van der Waals surface area contributed by atoms with Crippen LogP contribution in [0, 0.1) is 5.92 Å². The molecule has 1 saturated carbocycles. The van der Waals surface area contributed by atoms with E-state index in [9.17, 15) is 9.59 Å². The molecule has 1 aliphatic carbocycles. The number of urea groups is 1. The Morgan fingerprint density at radius 3 is 2.72 bits per heavy atom. The topological polar surface area (TPSA) is 91.8 Å². The third-order valence-electron chi connectivity index (χ3n) is 4.89. The molecular formula is C20H33N3O4S2. The number of aromatic nitrogens is 1. The Kier molecular flexibility index (Phi) is 10.2. The number of hydrogen-bond donors (Lipinski definition) is 2. The predicted molar refractivity (Wildman–Crippen MR) is 118 cm³/mol. The van der Waals surface area contributed by atoms with E-state index in [0.717, 1.165) is 55.9 Å². The van der Waals surface area contributed by atoms with E-state index < -0.39 is 5.97 Å². The number of aliphatic carboxylic acids is 1. The minimum Gasteiger partial charge on any atom is -0.481 e. The van der Waals surface area contributed by atoms with Gasteiger partial charge in [-0.25, -0.2) is 9.78 Å². The van der Waals surface area contributed by atoms with Crippen molar-refractivity contribution < 1.29 is 19.4 Å². The van der Waals surface area contributed by atoms with Crippen LogP contribution in [0.1, 0.15) is 59.3 Å². The number of rotatable bonds is 11. The summed E-state index contributed by atoms with van der Waals surface area (Å²) in [6, 6.07) is 0.101. The zero-order valence-corrected chi connectivity index (χ0v) is 19.2. The summed E-state index contributed by atoms with van der Waals surface area (Å²) in [4.78, 5) is 29.9. The van der Waals surface area contributed by atoms with Gasteiger partial charge in [-0.3, -0.25) is 10.1 Å². The number of hydrogen-bond acceptors (Lipinski definition) is 6. The summed E-state index contributed by atoms with van der Waals surface area (Å²) in [6.45, 7) is 7.98. The van der Waals surface area contributed by atoms with Crippen molar-refractivity contribution in [2.45, 2.75) is 75.7 Å². The molecule has 1 aromatic heterocycles. The van der Waals surface area contributed by atoms with Gasteiger partial charge in [-0.2, -0.15) is 0 Å². The van der Waals surface area contributed by atoms with E-state index in [2.05, 4.69) is 31.1 Å². The Morgan fingerprint density at radius 2 is 2.10 bits per heavy atom. The van der Waals surface area contributed by atoms with Crippen LogP contribution < -0.4 is 5.32 Å². The maximum Gasteiger partial charge on any atom is 0.323 e. The minimum absolute atomic E-state index is 0.0144. The van der Waals surface area contributed by atoms with Crippen molar-refractivity contribution in [2.75, 3.05) is 24.2 Å². The van der Waals surface area contributed by atoms with Gasteiger partial charge >= 0.3 is 12.0 Å². The number of carbonyl (C=O) groups excluding carboxylic acids is 1. The number of nitrogens with zero attached hydrogens (tertiary/aromatic N) is 2. The molecule has 2 amide bonds. The van der Waals surface area contributed by atoms with Crippen LogP contribution in [0.3, 0.4) is 0 Å². The van der Waals surface area contributed by atoms with Gasteiger partial charge in [0.25, 0.3) is 0 Å². The second-order valence-electron chi connectivity index (χ2n) is 7.77. The highest BCUT2D eigenvalue weighted by molar-refractivity contribution is 8.01. The van der Waals surface area contributed by atoms with E-state index >= 15 is 0 Å². The second kappa shape index (κ2) is 12.4. The van der Waals surface area contributed by atoms with Crippen molar-refractivity contribution in [3.8, 4) is 0 Å². The van der Waals surface area contributed by atoms with E-state index in [-0.39, 0.29) is 17.8 Å². The lowest BCUT2D eigenvalue weighted by Gasteiger charge is -2.37. The maximum absolute atomic E-state index is 13.0. The summed E-state index contributed by atoms with van der Waals surface area (Å²) < 4.78 is 6.67. The molecule has 0 atom stereocenters. The van der Waals surface area contributed by atoms with Gasteiger partial charge in [0.1, 0.15) is 0 Å². The quantitative estimate of drug-likeness (QED) is 0.471. The van der Waals surface area contributed by atoms with Gasteiger partial charge in [0.05, 0.1) is 22.3 Å². The van der Waals surface area contributed by atoms with Crippen molar-refractivity contribution in [2.24, 2.45) is 5.92 Å².